The first-order valence-electron chi connectivity index (χ1n) is 9.38. The van der Waals surface area contributed by atoms with Gasteiger partial charge in [0.25, 0.3) is 0 Å². The van der Waals surface area contributed by atoms with Crippen LogP contribution in [-0.4, -0.2) is 44.7 Å². The fourth-order valence-electron chi connectivity index (χ4n) is 3.47. The average molecular weight is 369 g/mol. The van der Waals surface area contributed by atoms with Crippen LogP contribution in [0.3, 0.4) is 0 Å². The van der Waals surface area contributed by atoms with Crippen molar-refractivity contribution in [1.82, 2.24) is 4.90 Å². The monoisotopic (exact) mass is 369 g/mol. The van der Waals surface area contributed by atoms with Crippen molar-refractivity contribution in [2.24, 2.45) is 0 Å². The molecule has 1 aliphatic rings. The van der Waals surface area contributed by atoms with Crippen LogP contribution in [-0.2, 0) is 4.79 Å². The molecular formula is C22H27NO4. The first-order valence-corrected chi connectivity index (χ1v) is 9.38. The number of carbonyl (C=O) groups excluding carboxylic acids is 1. The molecule has 0 aromatic heterocycles. The van der Waals surface area contributed by atoms with E-state index in [2.05, 4.69) is 24.3 Å². The number of methoxy groups -OCH3 is 2. The molecule has 3 rings (SSSR count). The minimum Gasteiger partial charge on any atom is -0.496 e. The maximum absolute atomic E-state index is 12.5. The van der Waals surface area contributed by atoms with Gasteiger partial charge < -0.3 is 19.1 Å². The third-order valence-electron chi connectivity index (χ3n) is 5.03. The zero-order valence-corrected chi connectivity index (χ0v) is 16.0. The average Bonchev–Trinajstić information content (AvgIpc) is 2.90. The number of amides is 1. The van der Waals surface area contributed by atoms with Crippen molar-refractivity contribution in [1.29, 1.82) is 0 Å². The zero-order valence-electron chi connectivity index (χ0n) is 16.0. The van der Waals surface area contributed by atoms with E-state index in [0.717, 1.165) is 19.4 Å². The van der Waals surface area contributed by atoms with Gasteiger partial charge in [-0.1, -0.05) is 30.3 Å². The summed E-state index contributed by atoms with van der Waals surface area (Å²) in [7, 11) is 3.22. The summed E-state index contributed by atoms with van der Waals surface area (Å²) in [6.45, 7) is 1.79. The van der Waals surface area contributed by atoms with Crippen LogP contribution in [0.1, 0.15) is 30.7 Å². The normalized spacial score (nSPS) is 17.3. The molecule has 0 radical (unpaired) electrons. The van der Waals surface area contributed by atoms with E-state index in [1.54, 1.807) is 20.3 Å². The summed E-state index contributed by atoms with van der Waals surface area (Å²) in [4.78, 5) is 14.4. The zero-order chi connectivity index (χ0) is 19.1. The van der Waals surface area contributed by atoms with Crippen molar-refractivity contribution in [3.8, 4) is 17.2 Å². The molecule has 0 N–H and O–H groups in total. The number of nitrogens with zero attached hydrogens (tertiary/aromatic N) is 1. The molecule has 5 nitrogen and oxygen atoms in total. The van der Waals surface area contributed by atoms with Crippen LogP contribution in [0.4, 0.5) is 0 Å². The molecule has 144 valence electrons. The van der Waals surface area contributed by atoms with E-state index in [4.69, 9.17) is 14.2 Å². The van der Waals surface area contributed by atoms with Gasteiger partial charge in [-0.25, -0.2) is 0 Å². The largest absolute Gasteiger partial charge is 0.496 e. The number of likely N-dealkylation sites (tertiary alicyclic amines) is 1. The first-order chi connectivity index (χ1) is 13.2. The van der Waals surface area contributed by atoms with E-state index >= 15 is 0 Å². The summed E-state index contributed by atoms with van der Waals surface area (Å²) in [5, 5.41) is 0. The molecule has 1 atom stereocenters. The molecule has 2 aromatic carbocycles. The van der Waals surface area contributed by atoms with Crippen molar-refractivity contribution in [3.63, 3.8) is 0 Å². The Balaban J connectivity index is 1.54. The third-order valence-corrected chi connectivity index (χ3v) is 5.03. The van der Waals surface area contributed by atoms with Crippen LogP contribution in [0.2, 0.25) is 0 Å². The molecule has 0 saturated carbocycles. The minimum absolute atomic E-state index is 0.209. The molecule has 2 aromatic rings. The van der Waals surface area contributed by atoms with Gasteiger partial charge in [-0.15, -0.1) is 0 Å². The predicted molar refractivity (Wildman–Crippen MR) is 105 cm³/mol. The van der Waals surface area contributed by atoms with E-state index in [-0.39, 0.29) is 5.91 Å². The highest BCUT2D eigenvalue weighted by Crippen LogP contribution is 2.29. The molecule has 5 heteroatoms. The van der Waals surface area contributed by atoms with Crippen molar-refractivity contribution in [3.05, 3.63) is 54.1 Å². The summed E-state index contributed by atoms with van der Waals surface area (Å²) < 4.78 is 16.4. The first kappa shape index (κ1) is 19.1. The van der Waals surface area contributed by atoms with Crippen LogP contribution in [0.15, 0.2) is 48.5 Å². The Hall–Kier alpha value is -2.69. The van der Waals surface area contributed by atoms with Crippen LogP contribution in [0.5, 0.6) is 17.2 Å². The van der Waals surface area contributed by atoms with E-state index in [1.807, 2.05) is 23.1 Å². The van der Waals surface area contributed by atoms with Gasteiger partial charge in [-0.3, -0.25) is 4.79 Å². The lowest BCUT2D eigenvalue weighted by Gasteiger charge is -2.21. The van der Waals surface area contributed by atoms with Crippen LogP contribution < -0.4 is 14.2 Å². The van der Waals surface area contributed by atoms with E-state index in [1.165, 1.54) is 5.56 Å². The van der Waals surface area contributed by atoms with Gasteiger partial charge >= 0.3 is 0 Å². The number of benzene rings is 2. The Morgan fingerprint density at radius 1 is 0.963 bits per heavy atom. The van der Waals surface area contributed by atoms with E-state index in [0.29, 0.717) is 42.7 Å². The highest BCUT2D eigenvalue weighted by atomic mass is 16.5. The molecule has 0 bridgehead atoms. The van der Waals surface area contributed by atoms with Gasteiger partial charge in [0.1, 0.15) is 23.9 Å². The summed E-state index contributed by atoms with van der Waals surface area (Å²) in [5.74, 6) is 2.70. The standard InChI is InChI=1S/C22H27NO4/c1-25-19-14-20(26-2)16-21(15-19)27-13-12-23-11-10-18(8-9-22(23)24)17-6-4-3-5-7-17/h3-7,14-16,18H,8-13H2,1-2H3. The van der Waals surface area contributed by atoms with Gasteiger partial charge in [-0.2, -0.15) is 0 Å². The molecule has 27 heavy (non-hydrogen) atoms. The van der Waals surface area contributed by atoms with Gasteiger partial charge in [0.15, 0.2) is 0 Å². The molecule has 1 saturated heterocycles. The second kappa shape index (κ2) is 9.31. The Bertz CT molecular complexity index is 725. The summed E-state index contributed by atoms with van der Waals surface area (Å²) in [6, 6.07) is 15.9. The van der Waals surface area contributed by atoms with E-state index in [9.17, 15) is 4.79 Å². The van der Waals surface area contributed by atoms with Gasteiger partial charge in [0.05, 0.1) is 20.8 Å². The Kier molecular flexibility index (Phi) is 6.58. The van der Waals surface area contributed by atoms with Crippen LogP contribution >= 0.6 is 0 Å². The molecule has 1 heterocycles. The van der Waals surface area contributed by atoms with Crippen molar-refractivity contribution in [2.45, 2.75) is 25.2 Å². The Morgan fingerprint density at radius 2 is 1.63 bits per heavy atom. The SMILES string of the molecule is COc1cc(OC)cc(OCCN2CCC(c3ccccc3)CCC2=O)c1. The summed E-state index contributed by atoms with van der Waals surface area (Å²) >= 11 is 0. The third kappa shape index (κ3) is 5.16. The molecule has 0 spiro atoms. The maximum atomic E-state index is 12.5. The highest BCUT2D eigenvalue weighted by Gasteiger charge is 2.23. The Morgan fingerprint density at radius 3 is 2.30 bits per heavy atom. The number of rotatable bonds is 7. The molecule has 1 unspecified atom stereocenters. The quantitative estimate of drug-likeness (QED) is 0.743. The van der Waals surface area contributed by atoms with Gasteiger partial charge in [0, 0.05) is 31.2 Å². The van der Waals surface area contributed by atoms with Crippen molar-refractivity contribution < 1.29 is 19.0 Å². The fourth-order valence-corrected chi connectivity index (χ4v) is 3.47. The maximum Gasteiger partial charge on any atom is 0.222 e. The lowest BCUT2D eigenvalue weighted by Crippen LogP contribution is -2.34. The molecule has 1 fully saturated rings. The summed E-state index contributed by atoms with van der Waals surface area (Å²) in [5.41, 5.74) is 1.33. The highest BCUT2D eigenvalue weighted by molar-refractivity contribution is 5.76. The topological polar surface area (TPSA) is 48.0 Å². The van der Waals surface area contributed by atoms with Crippen LogP contribution in [0.25, 0.3) is 0 Å². The Labute approximate surface area is 160 Å². The van der Waals surface area contributed by atoms with E-state index < -0.39 is 0 Å². The number of carbonyl (C=O) groups is 1. The molecular weight excluding hydrogens is 342 g/mol. The molecule has 1 aliphatic heterocycles. The summed E-state index contributed by atoms with van der Waals surface area (Å²) in [6.07, 6.45) is 2.49. The lowest BCUT2D eigenvalue weighted by molar-refractivity contribution is -0.131. The van der Waals surface area contributed by atoms with Crippen molar-refractivity contribution in [2.75, 3.05) is 33.9 Å². The fraction of sp³-hybridized carbons (Fsp3) is 0.409. The smallest absolute Gasteiger partial charge is 0.222 e. The van der Waals surface area contributed by atoms with Crippen LogP contribution in [0, 0.1) is 0 Å². The number of hydrogen-bond donors (Lipinski definition) is 0. The minimum atomic E-state index is 0.209. The van der Waals surface area contributed by atoms with Gasteiger partial charge in [0.2, 0.25) is 5.91 Å². The van der Waals surface area contributed by atoms with Gasteiger partial charge in [-0.05, 0) is 24.3 Å². The second-order valence-electron chi connectivity index (χ2n) is 6.71. The molecule has 1 amide bonds. The predicted octanol–water partition coefficient (Wildman–Crippen LogP) is 3.88. The number of ether oxygens (including phenoxy) is 3. The lowest BCUT2D eigenvalue weighted by atomic mass is 9.92. The van der Waals surface area contributed by atoms with Crippen molar-refractivity contribution >= 4 is 5.91 Å². The molecule has 0 aliphatic carbocycles. The second-order valence-corrected chi connectivity index (χ2v) is 6.71. The number of hydrogen-bond acceptors (Lipinski definition) is 4.